The molecule has 2 heterocycles. The molecule has 1 aliphatic heterocycles. The topological polar surface area (TPSA) is 74.7 Å². The van der Waals surface area contributed by atoms with Crippen molar-refractivity contribution in [2.24, 2.45) is 5.10 Å². The summed E-state index contributed by atoms with van der Waals surface area (Å²) in [7, 11) is -3.52. The summed E-state index contributed by atoms with van der Waals surface area (Å²) in [4.78, 5) is 4.76. The maximum Gasteiger partial charge on any atom is 0.243 e. The van der Waals surface area contributed by atoms with Crippen LogP contribution in [0.25, 0.3) is 11.3 Å². The minimum atomic E-state index is -3.52. The van der Waals surface area contributed by atoms with E-state index in [9.17, 15) is 12.8 Å². The molecule has 0 spiro atoms. The Bertz CT molecular complexity index is 1170. The van der Waals surface area contributed by atoms with Gasteiger partial charge in [0.05, 0.1) is 16.8 Å². The summed E-state index contributed by atoms with van der Waals surface area (Å²) < 4.78 is 41.4. The number of nitrogens with zero attached hydrogens (tertiary/aromatic N) is 3. The molecule has 9 heteroatoms. The molecular weight excluding hydrogens is 435 g/mol. The van der Waals surface area contributed by atoms with Crippen LogP contribution < -0.4 is 5.43 Å². The Morgan fingerprint density at radius 3 is 2.61 bits per heavy atom. The molecule has 0 radical (unpaired) electrons. The molecule has 3 aromatic rings. The molecule has 6 nitrogen and oxygen atoms in total. The van der Waals surface area contributed by atoms with Crippen molar-refractivity contribution in [2.75, 3.05) is 18.5 Å². The Kier molecular flexibility index (Phi) is 6.74. The van der Waals surface area contributed by atoms with Crippen LogP contribution in [0, 0.1) is 5.82 Å². The van der Waals surface area contributed by atoms with Crippen LogP contribution in [-0.2, 0) is 10.0 Å². The summed E-state index contributed by atoms with van der Waals surface area (Å²) >= 11 is 1.34. The molecule has 0 saturated carbocycles. The molecule has 162 valence electrons. The SMILES string of the molecule is O=S(=O)(c1cccc(-c2csc(N/N=C/c3ccccc3F)n2)c1)N1CCCCCC1. The van der Waals surface area contributed by atoms with E-state index in [1.807, 2.05) is 11.4 Å². The van der Waals surface area contributed by atoms with E-state index in [-0.39, 0.29) is 10.7 Å². The first-order valence-electron chi connectivity index (χ1n) is 10.1. The molecule has 2 aromatic carbocycles. The molecule has 1 N–H and O–H groups in total. The standard InChI is InChI=1S/C22H23FN4O2S2/c23-20-11-4-3-8-18(20)15-24-26-22-25-21(16-30-22)17-9-7-10-19(14-17)31(28,29)27-12-5-1-2-6-13-27/h3-4,7-11,14-16H,1-2,5-6,12-13H2,(H,25,26)/b24-15+. The largest absolute Gasteiger partial charge is 0.253 e. The smallest absolute Gasteiger partial charge is 0.243 e. The van der Waals surface area contributed by atoms with Crippen LogP contribution in [0.4, 0.5) is 9.52 Å². The first kappa shape index (κ1) is 21.6. The summed E-state index contributed by atoms with van der Waals surface area (Å²) in [6, 6.07) is 13.2. The van der Waals surface area contributed by atoms with Gasteiger partial charge in [-0.2, -0.15) is 9.41 Å². The van der Waals surface area contributed by atoms with Gasteiger partial charge in [0.25, 0.3) is 0 Å². The van der Waals surface area contributed by atoms with Crippen LogP contribution in [0.3, 0.4) is 0 Å². The number of hydrogen-bond acceptors (Lipinski definition) is 6. The molecule has 0 aliphatic carbocycles. The third-order valence-electron chi connectivity index (χ3n) is 5.11. The summed E-state index contributed by atoms with van der Waals surface area (Å²) in [5.41, 5.74) is 4.55. The van der Waals surface area contributed by atoms with Crippen LogP contribution in [0.2, 0.25) is 0 Å². The van der Waals surface area contributed by atoms with Gasteiger partial charge in [-0.25, -0.2) is 17.8 Å². The Balaban J connectivity index is 1.49. The molecule has 1 fully saturated rings. The Morgan fingerprint density at radius 1 is 1.06 bits per heavy atom. The van der Waals surface area contributed by atoms with Crippen molar-refractivity contribution in [3.63, 3.8) is 0 Å². The van der Waals surface area contributed by atoms with Gasteiger partial charge in [0, 0.05) is 29.6 Å². The summed E-state index contributed by atoms with van der Waals surface area (Å²) in [5.74, 6) is -0.352. The molecule has 0 amide bonds. The van der Waals surface area contributed by atoms with Gasteiger partial charge in [-0.1, -0.05) is 43.2 Å². The zero-order valence-corrected chi connectivity index (χ0v) is 18.5. The van der Waals surface area contributed by atoms with Gasteiger partial charge in [-0.3, -0.25) is 5.43 Å². The molecule has 1 saturated heterocycles. The van der Waals surface area contributed by atoms with Crippen LogP contribution in [0.5, 0.6) is 0 Å². The number of sulfonamides is 1. The predicted molar refractivity (Wildman–Crippen MR) is 122 cm³/mol. The fraction of sp³-hybridized carbons (Fsp3) is 0.273. The third kappa shape index (κ3) is 5.17. The van der Waals surface area contributed by atoms with Crippen molar-refractivity contribution in [3.05, 3.63) is 65.3 Å². The number of hydrogen-bond donors (Lipinski definition) is 1. The normalized spacial score (nSPS) is 15.8. The van der Waals surface area contributed by atoms with Crippen LogP contribution in [0.15, 0.2) is 63.9 Å². The lowest BCUT2D eigenvalue weighted by molar-refractivity contribution is 0.424. The number of thiazole rings is 1. The molecular formula is C22H23FN4O2S2. The average molecular weight is 459 g/mol. The van der Waals surface area contributed by atoms with E-state index >= 15 is 0 Å². The van der Waals surface area contributed by atoms with Gasteiger partial charge in [-0.15, -0.1) is 11.3 Å². The number of rotatable bonds is 6. The fourth-order valence-electron chi connectivity index (χ4n) is 3.44. The zero-order chi connectivity index (χ0) is 21.7. The van der Waals surface area contributed by atoms with Gasteiger partial charge in [0.15, 0.2) is 0 Å². The molecule has 31 heavy (non-hydrogen) atoms. The number of benzene rings is 2. The van der Waals surface area contributed by atoms with Crippen molar-refractivity contribution in [3.8, 4) is 11.3 Å². The van der Waals surface area contributed by atoms with Crippen LogP contribution >= 0.6 is 11.3 Å². The Morgan fingerprint density at radius 2 is 1.84 bits per heavy atom. The lowest BCUT2D eigenvalue weighted by Crippen LogP contribution is -2.31. The first-order chi connectivity index (χ1) is 15.0. The summed E-state index contributed by atoms with van der Waals surface area (Å²) in [5, 5.41) is 6.40. The number of halogens is 1. The van der Waals surface area contributed by atoms with E-state index < -0.39 is 10.0 Å². The van der Waals surface area contributed by atoms with Gasteiger partial charge in [0.1, 0.15) is 5.82 Å². The Labute approximate surface area is 185 Å². The highest BCUT2D eigenvalue weighted by Crippen LogP contribution is 2.28. The number of nitrogens with one attached hydrogen (secondary N) is 1. The molecule has 0 atom stereocenters. The molecule has 0 unspecified atom stereocenters. The van der Waals surface area contributed by atoms with Crippen LogP contribution in [0.1, 0.15) is 31.2 Å². The second-order valence-electron chi connectivity index (χ2n) is 7.28. The highest BCUT2D eigenvalue weighted by molar-refractivity contribution is 7.89. The highest BCUT2D eigenvalue weighted by Gasteiger charge is 2.25. The average Bonchev–Trinajstić information content (AvgIpc) is 3.07. The third-order valence-corrected chi connectivity index (χ3v) is 7.75. The van der Waals surface area contributed by atoms with E-state index in [2.05, 4.69) is 15.5 Å². The van der Waals surface area contributed by atoms with E-state index in [1.165, 1.54) is 23.6 Å². The van der Waals surface area contributed by atoms with Crippen molar-refractivity contribution in [1.29, 1.82) is 0 Å². The highest BCUT2D eigenvalue weighted by atomic mass is 32.2. The van der Waals surface area contributed by atoms with Gasteiger partial charge in [-0.05, 0) is 31.0 Å². The van der Waals surface area contributed by atoms with E-state index in [4.69, 9.17) is 0 Å². The fourth-order valence-corrected chi connectivity index (χ4v) is 5.67. The van der Waals surface area contributed by atoms with E-state index in [0.29, 0.717) is 29.5 Å². The van der Waals surface area contributed by atoms with Crippen molar-refractivity contribution in [2.45, 2.75) is 30.6 Å². The monoisotopic (exact) mass is 458 g/mol. The molecule has 1 aromatic heterocycles. The lowest BCUT2D eigenvalue weighted by atomic mass is 10.2. The summed E-state index contributed by atoms with van der Waals surface area (Å²) in [6.45, 7) is 1.13. The first-order valence-corrected chi connectivity index (χ1v) is 12.5. The molecule has 4 rings (SSSR count). The van der Waals surface area contributed by atoms with Crippen molar-refractivity contribution < 1.29 is 12.8 Å². The lowest BCUT2D eigenvalue weighted by Gasteiger charge is -2.20. The molecule has 0 bridgehead atoms. The minimum absolute atomic E-state index is 0.284. The zero-order valence-electron chi connectivity index (χ0n) is 16.9. The minimum Gasteiger partial charge on any atom is -0.253 e. The van der Waals surface area contributed by atoms with Gasteiger partial charge in [0.2, 0.25) is 15.2 Å². The quantitative estimate of drug-likeness (QED) is 0.419. The predicted octanol–water partition coefficient (Wildman–Crippen LogP) is 4.96. The maximum atomic E-state index is 13.6. The number of hydrazone groups is 1. The second kappa shape index (κ2) is 9.67. The number of aromatic nitrogens is 1. The Hall–Kier alpha value is -2.62. The van der Waals surface area contributed by atoms with E-state index in [1.54, 1.807) is 40.7 Å². The second-order valence-corrected chi connectivity index (χ2v) is 10.1. The van der Waals surface area contributed by atoms with E-state index in [0.717, 1.165) is 31.2 Å². The van der Waals surface area contributed by atoms with Crippen molar-refractivity contribution >= 4 is 32.7 Å². The van der Waals surface area contributed by atoms with Crippen LogP contribution in [-0.4, -0.2) is 37.0 Å². The van der Waals surface area contributed by atoms with Crippen molar-refractivity contribution in [1.82, 2.24) is 9.29 Å². The molecule has 1 aliphatic rings. The van der Waals surface area contributed by atoms with Gasteiger partial charge >= 0.3 is 0 Å². The maximum absolute atomic E-state index is 13.6. The van der Waals surface area contributed by atoms with Gasteiger partial charge < -0.3 is 0 Å². The summed E-state index contributed by atoms with van der Waals surface area (Å²) in [6.07, 6.45) is 5.33. The number of anilines is 1.